The van der Waals surface area contributed by atoms with Crippen molar-refractivity contribution < 1.29 is 20.1 Å². The first kappa shape index (κ1) is 14.6. The highest BCUT2D eigenvalue weighted by Crippen LogP contribution is 2.27. The number of aliphatic hydroxyl groups excluding tert-OH is 3. The molecule has 0 radical (unpaired) electrons. The van der Waals surface area contributed by atoms with E-state index in [9.17, 15) is 19.8 Å². The Hall–Kier alpha value is -1.48. The van der Waals surface area contributed by atoms with E-state index in [0.29, 0.717) is 0 Å². The Balaban J connectivity index is 0.00000162. The van der Waals surface area contributed by atoms with Crippen molar-refractivity contribution in [3.8, 4) is 0 Å². The van der Waals surface area contributed by atoms with Crippen molar-refractivity contribution in [3.63, 3.8) is 0 Å². The van der Waals surface area contributed by atoms with E-state index in [-0.39, 0.29) is 7.43 Å². The second-order valence-corrected chi connectivity index (χ2v) is 3.75. The van der Waals surface area contributed by atoms with Crippen LogP contribution in [-0.2, 0) is 4.74 Å². The fourth-order valence-electron chi connectivity index (χ4n) is 1.74. The summed E-state index contributed by atoms with van der Waals surface area (Å²) >= 11 is 0. The lowest BCUT2D eigenvalue weighted by molar-refractivity contribution is -0.0550. The maximum Gasteiger partial charge on any atom is 0.330 e. The maximum absolute atomic E-state index is 11.4. The monoisotopic (exact) mass is 260 g/mol. The van der Waals surface area contributed by atoms with Gasteiger partial charge < -0.3 is 20.1 Å². The first-order chi connectivity index (χ1) is 8.04. The van der Waals surface area contributed by atoms with Gasteiger partial charge in [-0.05, 0) is 0 Å². The molecule has 18 heavy (non-hydrogen) atoms. The molecule has 0 amide bonds. The molecule has 1 aliphatic rings. The lowest BCUT2D eigenvalue weighted by Gasteiger charge is -2.16. The van der Waals surface area contributed by atoms with E-state index in [0.717, 1.165) is 16.8 Å². The van der Waals surface area contributed by atoms with E-state index in [4.69, 9.17) is 9.84 Å². The smallest absolute Gasteiger partial charge is 0.330 e. The summed E-state index contributed by atoms with van der Waals surface area (Å²) < 4.78 is 6.08. The summed E-state index contributed by atoms with van der Waals surface area (Å²) in [6.45, 7) is -0.479. The molecule has 1 fully saturated rings. The minimum absolute atomic E-state index is 0. The highest BCUT2D eigenvalue weighted by atomic mass is 16.6. The number of H-pyrrole nitrogens is 1. The third kappa shape index (κ3) is 2.36. The van der Waals surface area contributed by atoms with Crippen LogP contribution in [0.2, 0.25) is 0 Å². The molecule has 1 aliphatic heterocycles. The van der Waals surface area contributed by atoms with Gasteiger partial charge in [0, 0.05) is 12.3 Å². The van der Waals surface area contributed by atoms with Crippen LogP contribution in [0.25, 0.3) is 0 Å². The maximum atomic E-state index is 11.4. The summed E-state index contributed by atoms with van der Waals surface area (Å²) in [6, 6.07) is 1.09. The lowest BCUT2D eigenvalue weighted by Crippen LogP contribution is -2.37. The fraction of sp³-hybridized carbons (Fsp3) is 0.600. The van der Waals surface area contributed by atoms with Gasteiger partial charge in [-0.2, -0.15) is 0 Å². The van der Waals surface area contributed by atoms with Crippen LogP contribution in [0.5, 0.6) is 0 Å². The van der Waals surface area contributed by atoms with Crippen LogP contribution >= 0.6 is 0 Å². The van der Waals surface area contributed by atoms with Crippen molar-refractivity contribution in [2.24, 2.45) is 0 Å². The normalized spacial score (nSPS) is 31.1. The summed E-state index contributed by atoms with van der Waals surface area (Å²) in [5, 5.41) is 28.1. The quantitative estimate of drug-likeness (QED) is 0.477. The van der Waals surface area contributed by atoms with Crippen LogP contribution < -0.4 is 11.2 Å². The number of hydrogen-bond acceptors (Lipinski definition) is 6. The van der Waals surface area contributed by atoms with Crippen molar-refractivity contribution in [2.45, 2.75) is 32.0 Å². The van der Waals surface area contributed by atoms with Gasteiger partial charge in [-0.15, -0.1) is 0 Å². The van der Waals surface area contributed by atoms with Gasteiger partial charge in [-0.25, -0.2) is 4.79 Å². The van der Waals surface area contributed by atoms with E-state index in [1.54, 1.807) is 0 Å². The van der Waals surface area contributed by atoms with Crippen LogP contribution in [-0.4, -0.2) is 49.8 Å². The minimum Gasteiger partial charge on any atom is -0.394 e. The number of hydrogen-bond donors (Lipinski definition) is 4. The van der Waals surface area contributed by atoms with Crippen LogP contribution in [0, 0.1) is 0 Å². The minimum atomic E-state index is -1.35. The number of ether oxygens (including phenoxy) is 1. The number of nitrogens with zero attached hydrogens (tertiary/aromatic N) is 1. The average Bonchev–Trinajstić information content (AvgIpc) is 2.57. The van der Waals surface area contributed by atoms with Gasteiger partial charge in [0.2, 0.25) is 0 Å². The highest BCUT2D eigenvalue weighted by molar-refractivity contribution is 4.92. The van der Waals surface area contributed by atoms with Gasteiger partial charge in [0.15, 0.2) is 6.23 Å². The molecule has 0 aromatic carbocycles. The van der Waals surface area contributed by atoms with Crippen molar-refractivity contribution in [3.05, 3.63) is 33.1 Å². The zero-order valence-electron chi connectivity index (χ0n) is 8.68. The topological polar surface area (TPSA) is 125 Å². The molecule has 1 aromatic heterocycles. The van der Waals surface area contributed by atoms with E-state index in [1.807, 2.05) is 4.98 Å². The summed E-state index contributed by atoms with van der Waals surface area (Å²) in [5.41, 5.74) is -1.33. The SMILES string of the molecule is C.O=c1ccn([C@@H]2O[C@H](CO)[C@H](O)C2O)c(=O)[nH]1. The van der Waals surface area contributed by atoms with E-state index in [1.165, 1.54) is 0 Å². The second-order valence-electron chi connectivity index (χ2n) is 3.75. The largest absolute Gasteiger partial charge is 0.394 e. The van der Waals surface area contributed by atoms with Gasteiger partial charge in [0.1, 0.15) is 18.3 Å². The standard InChI is InChI=1S/C9H12N2O6.CH4/c12-3-4-6(14)7(15)8(17-4)11-2-1-5(13)10-9(11)16;/h1-2,4,6-8,12,14-15H,3H2,(H,10,13,16);1H4/t4-,6+,7?,8-;/m1./s1. The molecule has 2 heterocycles. The third-order valence-corrected chi connectivity index (χ3v) is 2.64. The summed E-state index contributed by atoms with van der Waals surface area (Å²) in [7, 11) is 0. The molecular formula is C10H16N2O6. The third-order valence-electron chi connectivity index (χ3n) is 2.64. The summed E-state index contributed by atoms with van der Waals surface area (Å²) in [6.07, 6.45) is -3.58. The predicted octanol–water partition coefficient (Wildman–Crippen LogP) is -2.22. The van der Waals surface area contributed by atoms with Gasteiger partial charge in [-0.1, -0.05) is 7.43 Å². The van der Waals surface area contributed by atoms with Crippen molar-refractivity contribution in [2.75, 3.05) is 6.61 Å². The van der Waals surface area contributed by atoms with Crippen LogP contribution in [0.15, 0.2) is 21.9 Å². The molecule has 1 saturated heterocycles. The number of aromatic amines is 1. The van der Waals surface area contributed by atoms with Crippen molar-refractivity contribution in [1.29, 1.82) is 0 Å². The van der Waals surface area contributed by atoms with E-state index >= 15 is 0 Å². The van der Waals surface area contributed by atoms with Crippen molar-refractivity contribution in [1.82, 2.24) is 9.55 Å². The van der Waals surface area contributed by atoms with Gasteiger partial charge in [0.25, 0.3) is 5.56 Å². The van der Waals surface area contributed by atoms with Crippen LogP contribution in [0.4, 0.5) is 0 Å². The summed E-state index contributed by atoms with van der Waals surface area (Å²) in [4.78, 5) is 24.3. The molecule has 1 unspecified atom stereocenters. The Labute approximate surface area is 102 Å². The molecule has 102 valence electrons. The molecule has 0 saturated carbocycles. The second kappa shape index (κ2) is 5.44. The Bertz CT molecular complexity index is 510. The number of rotatable bonds is 2. The lowest BCUT2D eigenvalue weighted by atomic mass is 10.1. The zero-order valence-corrected chi connectivity index (χ0v) is 8.68. The fourth-order valence-corrected chi connectivity index (χ4v) is 1.74. The van der Waals surface area contributed by atoms with Gasteiger partial charge >= 0.3 is 5.69 Å². The Morgan fingerprint density at radius 1 is 1.33 bits per heavy atom. The number of nitrogens with one attached hydrogen (secondary N) is 1. The number of aliphatic hydroxyl groups is 3. The molecule has 1 aromatic rings. The first-order valence-corrected chi connectivity index (χ1v) is 4.98. The zero-order chi connectivity index (χ0) is 12.6. The molecule has 0 spiro atoms. The average molecular weight is 260 g/mol. The van der Waals surface area contributed by atoms with Crippen LogP contribution in [0.3, 0.4) is 0 Å². The van der Waals surface area contributed by atoms with E-state index in [2.05, 4.69) is 0 Å². The molecule has 0 bridgehead atoms. The summed E-state index contributed by atoms with van der Waals surface area (Å²) in [5.74, 6) is 0. The van der Waals surface area contributed by atoms with E-state index < -0.39 is 42.4 Å². The molecular weight excluding hydrogens is 244 g/mol. The number of aromatic nitrogens is 2. The Morgan fingerprint density at radius 3 is 2.50 bits per heavy atom. The Kier molecular flexibility index (Phi) is 4.41. The molecule has 8 heteroatoms. The predicted molar refractivity (Wildman–Crippen MR) is 61.1 cm³/mol. The first-order valence-electron chi connectivity index (χ1n) is 4.98. The highest BCUT2D eigenvalue weighted by Gasteiger charge is 2.43. The van der Waals surface area contributed by atoms with Gasteiger partial charge in [-0.3, -0.25) is 14.3 Å². The molecule has 4 N–H and O–H groups in total. The van der Waals surface area contributed by atoms with Crippen LogP contribution in [0.1, 0.15) is 13.7 Å². The van der Waals surface area contributed by atoms with Gasteiger partial charge in [0.05, 0.1) is 6.61 Å². The van der Waals surface area contributed by atoms with Crippen molar-refractivity contribution >= 4 is 0 Å². The molecule has 8 nitrogen and oxygen atoms in total. The molecule has 2 rings (SSSR count). The molecule has 4 atom stereocenters. The Morgan fingerprint density at radius 2 is 2.00 bits per heavy atom. The molecule has 0 aliphatic carbocycles.